The minimum Gasteiger partial charge on any atom is -0.481 e. The van der Waals surface area contributed by atoms with Crippen LogP contribution in [0.15, 0.2) is 66.7 Å². The van der Waals surface area contributed by atoms with E-state index in [1.807, 2.05) is 42.5 Å². The molecule has 4 aromatic rings. The highest BCUT2D eigenvalue weighted by Crippen LogP contribution is 2.31. The number of nitrogens with zero attached hydrogens (tertiary/aromatic N) is 1. The van der Waals surface area contributed by atoms with Crippen LogP contribution in [-0.2, 0) is 4.79 Å². The molecule has 0 aliphatic rings. The van der Waals surface area contributed by atoms with E-state index in [4.69, 9.17) is 16.7 Å². The summed E-state index contributed by atoms with van der Waals surface area (Å²) in [6, 6.07) is 21.4. The monoisotopic (exact) mass is 404 g/mol. The van der Waals surface area contributed by atoms with E-state index < -0.39 is 5.97 Å². The van der Waals surface area contributed by atoms with Crippen molar-refractivity contribution in [2.75, 3.05) is 0 Å². The van der Waals surface area contributed by atoms with Crippen LogP contribution in [0.4, 0.5) is 0 Å². The zero-order chi connectivity index (χ0) is 20.4. The maximum absolute atomic E-state index is 12.2. The molecule has 0 saturated heterocycles. The highest BCUT2D eigenvalue weighted by molar-refractivity contribution is 6.33. The van der Waals surface area contributed by atoms with Gasteiger partial charge in [0.05, 0.1) is 33.9 Å². The molecule has 0 saturated carbocycles. The standard InChI is InChI=1S/C23H17ClN2O3/c24-17-12-18-19(13-20(25-18)21(27)10-11-22(28)29)26-23(17)16-8-6-15(7-9-16)14-4-2-1-3-5-14/h1-9,12-13,25H,10-11H2,(H,28,29). The van der Waals surface area contributed by atoms with Crippen molar-refractivity contribution in [1.82, 2.24) is 9.97 Å². The number of Topliss-reactive ketones (excluding diaryl/α,β-unsaturated/α-hetero) is 1. The predicted molar refractivity (Wildman–Crippen MR) is 113 cm³/mol. The normalized spacial score (nSPS) is 10.9. The summed E-state index contributed by atoms with van der Waals surface area (Å²) in [4.78, 5) is 30.4. The topological polar surface area (TPSA) is 83.0 Å². The van der Waals surface area contributed by atoms with Crippen LogP contribution in [0.5, 0.6) is 0 Å². The predicted octanol–water partition coefficient (Wildman–Crippen LogP) is 5.60. The lowest BCUT2D eigenvalue weighted by molar-refractivity contribution is -0.136. The number of nitrogens with one attached hydrogen (secondary N) is 1. The second-order valence-corrected chi connectivity index (χ2v) is 7.10. The maximum atomic E-state index is 12.2. The van der Waals surface area contributed by atoms with Gasteiger partial charge in [-0.25, -0.2) is 4.98 Å². The molecule has 2 heterocycles. The van der Waals surface area contributed by atoms with Crippen LogP contribution in [0.1, 0.15) is 23.3 Å². The summed E-state index contributed by atoms with van der Waals surface area (Å²) in [5.41, 5.74) is 5.30. The summed E-state index contributed by atoms with van der Waals surface area (Å²) in [6.07, 6.45) is -0.273. The number of aliphatic carboxylic acids is 1. The highest BCUT2D eigenvalue weighted by atomic mass is 35.5. The second-order valence-electron chi connectivity index (χ2n) is 6.69. The minimum atomic E-state index is -1.00. The summed E-state index contributed by atoms with van der Waals surface area (Å²) in [6.45, 7) is 0. The number of hydrogen-bond acceptors (Lipinski definition) is 3. The summed E-state index contributed by atoms with van der Waals surface area (Å²) in [5, 5.41) is 9.22. The SMILES string of the molecule is O=C(O)CCC(=O)c1cc2nc(-c3ccc(-c4ccccc4)cc3)c(Cl)cc2[nH]1. The zero-order valence-corrected chi connectivity index (χ0v) is 16.1. The van der Waals surface area contributed by atoms with Crippen LogP contribution in [0.25, 0.3) is 33.4 Å². The number of benzene rings is 2. The van der Waals surface area contributed by atoms with E-state index >= 15 is 0 Å². The van der Waals surface area contributed by atoms with E-state index in [9.17, 15) is 9.59 Å². The van der Waals surface area contributed by atoms with E-state index in [1.54, 1.807) is 12.1 Å². The molecule has 2 N–H and O–H groups in total. The Morgan fingerprint density at radius 1 is 0.897 bits per heavy atom. The lowest BCUT2D eigenvalue weighted by Crippen LogP contribution is -2.03. The number of aromatic amines is 1. The van der Waals surface area contributed by atoms with E-state index in [0.29, 0.717) is 27.4 Å². The van der Waals surface area contributed by atoms with Crippen molar-refractivity contribution in [3.63, 3.8) is 0 Å². The van der Waals surface area contributed by atoms with E-state index in [2.05, 4.69) is 22.1 Å². The van der Waals surface area contributed by atoms with Gasteiger partial charge in [-0.15, -0.1) is 0 Å². The molecule has 0 aliphatic carbocycles. The van der Waals surface area contributed by atoms with Gasteiger partial charge in [-0.3, -0.25) is 9.59 Å². The number of carboxylic acid groups (broad SMARTS) is 1. The number of pyridine rings is 1. The summed E-state index contributed by atoms with van der Waals surface area (Å²) in [7, 11) is 0. The number of ketones is 1. The number of rotatable bonds is 6. The first-order valence-corrected chi connectivity index (χ1v) is 9.49. The van der Waals surface area contributed by atoms with Gasteiger partial charge in [-0.05, 0) is 23.3 Å². The Hall–Kier alpha value is -3.44. The Kier molecular flexibility index (Phi) is 5.14. The highest BCUT2D eigenvalue weighted by Gasteiger charge is 2.15. The zero-order valence-electron chi connectivity index (χ0n) is 15.4. The van der Waals surface area contributed by atoms with Crippen molar-refractivity contribution < 1.29 is 14.7 Å². The van der Waals surface area contributed by atoms with Gasteiger partial charge in [0.1, 0.15) is 0 Å². The molecule has 0 radical (unpaired) electrons. The first-order valence-electron chi connectivity index (χ1n) is 9.11. The van der Waals surface area contributed by atoms with Crippen molar-refractivity contribution in [3.05, 3.63) is 77.4 Å². The van der Waals surface area contributed by atoms with Gasteiger partial charge in [-0.2, -0.15) is 0 Å². The third-order valence-electron chi connectivity index (χ3n) is 4.69. The van der Waals surface area contributed by atoms with Gasteiger partial charge in [-0.1, -0.05) is 66.2 Å². The summed E-state index contributed by atoms with van der Waals surface area (Å²) < 4.78 is 0. The first kappa shape index (κ1) is 18.9. The van der Waals surface area contributed by atoms with Crippen LogP contribution in [-0.4, -0.2) is 26.8 Å². The van der Waals surface area contributed by atoms with E-state index in [0.717, 1.165) is 16.7 Å². The van der Waals surface area contributed by atoms with Gasteiger partial charge >= 0.3 is 5.97 Å². The number of fused-ring (bicyclic) bond motifs is 1. The molecule has 0 spiro atoms. The van der Waals surface area contributed by atoms with E-state index in [-0.39, 0.29) is 18.6 Å². The van der Waals surface area contributed by atoms with Crippen molar-refractivity contribution in [1.29, 1.82) is 0 Å². The van der Waals surface area contributed by atoms with E-state index in [1.165, 1.54) is 0 Å². The van der Waals surface area contributed by atoms with Crippen LogP contribution in [0.2, 0.25) is 5.02 Å². The number of halogens is 1. The molecule has 5 nitrogen and oxygen atoms in total. The number of aromatic nitrogens is 2. The molecule has 0 unspecified atom stereocenters. The summed E-state index contributed by atoms with van der Waals surface area (Å²) in [5.74, 6) is -1.27. The van der Waals surface area contributed by atoms with Gasteiger partial charge in [0, 0.05) is 12.0 Å². The fourth-order valence-corrected chi connectivity index (χ4v) is 3.45. The number of carbonyl (C=O) groups is 2. The van der Waals surface area contributed by atoms with Crippen molar-refractivity contribution in [3.8, 4) is 22.4 Å². The molecule has 0 bridgehead atoms. The second kappa shape index (κ2) is 7.89. The minimum absolute atomic E-state index is 0.0658. The number of hydrogen-bond donors (Lipinski definition) is 2. The Balaban J connectivity index is 1.65. The number of carboxylic acids is 1. The average Bonchev–Trinajstić information content (AvgIpc) is 3.15. The summed E-state index contributed by atoms with van der Waals surface area (Å²) >= 11 is 6.44. The first-order chi connectivity index (χ1) is 14.0. The molecule has 0 aliphatic heterocycles. The Morgan fingerprint density at radius 2 is 1.55 bits per heavy atom. The molecular formula is C23H17ClN2O3. The van der Waals surface area contributed by atoms with Crippen LogP contribution in [0.3, 0.4) is 0 Å². The molecule has 0 amide bonds. The molecule has 4 rings (SSSR count). The van der Waals surface area contributed by atoms with Crippen molar-refractivity contribution in [2.45, 2.75) is 12.8 Å². The van der Waals surface area contributed by atoms with Crippen LogP contribution in [0, 0.1) is 0 Å². The van der Waals surface area contributed by atoms with Crippen molar-refractivity contribution in [2.24, 2.45) is 0 Å². The lowest BCUT2D eigenvalue weighted by atomic mass is 10.0. The van der Waals surface area contributed by atoms with Gasteiger partial charge < -0.3 is 10.1 Å². The quantitative estimate of drug-likeness (QED) is 0.410. The fraction of sp³-hybridized carbons (Fsp3) is 0.0870. The molecule has 6 heteroatoms. The van der Waals surface area contributed by atoms with Crippen molar-refractivity contribution >= 4 is 34.4 Å². The Labute approximate surface area is 172 Å². The molecular weight excluding hydrogens is 388 g/mol. The van der Waals surface area contributed by atoms with Crippen LogP contribution >= 0.6 is 11.6 Å². The third-order valence-corrected chi connectivity index (χ3v) is 4.98. The Morgan fingerprint density at radius 3 is 2.24 bits per heavy atom. The van der Waals surface area contributed by atoms with Gasteiger partial charge in [0.2, 0.25) is 0 Å². The Bertz CT molecular complexity index is 1200. The molecule has 144 valence electrons. The number of carbonyl (C=O) groups excluding carboxylic acids is 1. The largest absolute Gasteiger partial charge is 0.481 e. The average molecular weight is 405 g/mol. The fourth-order valence-electron chi connectivity index (χ4n) is 3.19. The molecule has 0 fully saturated rings. The molecule has 2 aromatic heterocycles. The van der Waals surface area contributed by atoms with Gasteiger partial charge in [0.15, 0.2) is 5.78 Å². The van der Waals surface area contributed by atoms with Crippen LogP contribution < -0.4 is 0 Å². The molecule has 29 heavy (non-hydrogen) atoms. The van der Waals surface area contributed by atoms with Gasteiger partial charge in [0.25, 0.3) is 0 Å². The smallest absolute Gasteiger partial charge is 0.303 e. The molecule has 2 aromatic carbocycles. The third kappa shape index (κ3) is 4.05. The molecule has 0 atom stereocenters. The maximum Gasteiger partial charge on any atom is 0.303 e. The lowest BCUT2D eigenvalue weighted by Gasteiger charge is -2.06. The number of H-pyrrole nitrogens is 1.